The normalized spacial score (nSPS) is 10.6. The van der Waals surface area contributed by atoms with E-state index in [2.05, 4.69) is 20.3 Å². The van der Waals surface area contributed by atoms with E-state index in [0.29, 0.717) is 17.2 Å². The minimum absolute atomic E-state index is 0.456. The molecule has 0 unspecified atom stereocenters. The Bertz CT molecular complexity index is 1080. The average molecular weight is 341 g/mol. The van der Waals surface area contributed by atoms with Gasteiger partial charge in [-0.1, -0.05) is 12.1 Å². The first-order chi connectivity index (χ1) is 12.7. The van der Waals surface area contributed by atoms with Crippen LogP contribution in [0.1, 0.15) is 10.4 Å². The molecule has 0 saturated heterocycles. The molecule has 0 atom stereocenters. The summed E-state index contributed by atoms with van der Waals surface area (Å²) >= 11 is 0. The third-order valence-electron chi connectivity index (χ3n) is 3.96. The maximum atomic E-state index is 11.2. The second-order valence-electron chi connectivity index (χ2n) is 5.72. The molecule has 0 saturated carbocycles. The van der Waals surface area contributed by atoms with E-state index in [1.807, 2.05) is 36.4 Å². The molecule has 0 aliphatic rings. The Hall–Kier alpha value is -3.80. The number of anilines is 2. The van der Waals surface area contributed by atoms with Crippen LogP contribution in [0.5, 0.6) is 0 Å². The van der Waals surface area contributed by atoms with Gasteiger partial charge in [-0.05, 0) is 48.5 Å². The third kappa shape index (κ3) is 3.08. The van der Waals surface area contributed by atoms with E-state index < -0.39 is 5.91 Å². The summed E-state index contributed by atoms with van der Waals surface area (Å²) in [7, 11) is 0. The number of para-hydroxylation sites is 1. The van der Waals surface area contributed by atoms with E-state index in [0.717, 1.165) is 22.2 Å². The lowest BCUT2D eigenvalue weighted by molar-refractivity contribution is 0.100. The van der Waals surface area contributed by atoms with Crippen molar-refractivity contribution >= 4 is 28.3 Å². The fourth-order valence-corrected chi connectivity index (χ4v) is 2.65. The highest BCUT2D eigenvalue weighted by Gasteiger charge is 2.10. The van der Waals surface area contributed by atoms with Crippen LogP contribution < -0.4 is 11.1 Å². The topological polar surface area (TPSA) is 93.8 Å². The zero-order valence-corrected chi connectivity index (χ0v) is 13.8. The molecule has 2 aromatic heterocycles. The molecule has 2 heterocycles. The second kappa shape index (κ2) is 6.60. The number of rotatable bonds is 4. The molecule has 0 radical (unpaired) electrons. The summed E-state index contributed by atoms with van der Waals surface area (Å²) in [5.41, 5.74) is 8.22. The summed E-state index contributed by atoms with van der Waals surface area (Å²) in [5.74, 6) is 0.817. The van der Waals surface area contributed by atoms with Crippen LogP contribution in [0.15, 0.2) is 73.1 Å². The number of nitrogens with two attached hydrogens (primary N) is 1. The zero-order valence-electron chi connectivity index (χ0n) is 13.8. The standard InChI is InChI=1S/C20H15N5O/c21-18(26)13-7-9-15(10-8-13)23-20-16-5-1-2-6-17(16)24-19(25-20)14-4-3-11-22-12-14/h1-12H,(H2,21,26)(H,23,24,25). The van der Waals surface area contributed by atoms with Crippen LogP contribution in [0.3, 0.4) is 0 Å². The first-order valence-corrected chi connectivity index (χ1v) is 8.05. The predicted octanol–water partition coefficient (Wildman–Crippen LogP) is 3.53. The molecule has 0 spiro atoms. The third-order valence-corrected chi connectivity index (χ3v) is 3.96. The molecule has 26 heavy (non-hydrogen) atoms. The monoisotopic (exact) mass is 341 g/mol. The molecule has 126 valence electrons. The molecule has 0 aliphatic carbocycles. The number of amides is 1. The molecule has 0 fully saturated rings. The van der Waals surface area contributed by atoms with Crippen LogP contribution in [0.25, 0.3) is 22.3 Å². The van der Waals surface area contributed by atoms with Gasteiger partial charge in [-0.15, -0.1) is 0 Å². The average Bonchev–Trinajstić information content (AvgIpc) is 2.69. The Kier molecular flexibility index (Phi) is 3.99. The fourth-order valence-electron chi connectivity index (χ4n) is 2.65. The minimum Gasteiger partial charge on any atom is -0.366 e. The molecule has 4 aromatic rings. The van der Waals surface area contributed by atoms with Gasteiger partial charge in [-0.25, -0.2) is 9.97 Å². The number of benzene rings is 2. The first-order valence-electron chi connectivity index (χ1n) is 8.05. The molecular weight excluding hydrogens is 326 g/mol. The molecule has 3 N–H and O–H groups in total. The largest absolute Gasteiger partial charge is 0.366 e. The molecule has 2 aromatic carbocycles. The quantitative estimate of drug-likeness (QED) is 0.592. The molecule has 0 aliphatic heterocycles. The molecule has 6 heteroatoms. The molecule has 1 amide bonds. The predicted molar refractivity (Wildman–Crippen MR) is 101 cm³/mol. The van der Waals surface area contributed by atoms with Crippen LogP contribution >= 0.6 is 0 Å². The van der Waals surface area contributed by atoms with Crippen molar-refractivity contribution in [3.63, 3.8) is 0 Å². The van der Waals surface area contributed by atoms with E-state index in [4.69, 9.17) is 5.73 Å². The molecule has 4 rings (SSSR count). The number of nitrogens with zero attached hydrogens (tertiary/aromatic N) is 3. The number of primary amides is 1. The molecular formula is C20H15N5O. The number of carbonyl (C=O) groups is 1. The van der Waals surface area contributed by atoms with Gasteiger partial charge in [0, 0.05) is 34.6 Å². The van der Waals surface area contributed by atoms with E-state index in [1.54, 1.807) is 36.7 Å². The summed E-state index contributed by atoms with van der Waals surface area (Å²) in [4.78, 5) is 24.7. The summed E-state index contributed by atoms with van der Waals surface area (Å²) in [6, 6.07) is 18.5. The van der Waals surface area contributed by atoms with Gasteiger partial charge < -0.3 is 11.1 Å². The van der Waals surface area contributed by atoms with Crippen molar-refractivity contribution in [2.75, 3.05) is 5.32 Å². The number of fused-ring (bicyclic) bond motifs is 1. The van der Waals surface area contributed by atoms with E-state index in [1.165, 1.54) is 0 Å². The fraction of sp³-hybridized carbons (Fsp3) is 0. The number of carbonyl (C=O) groups excluding carboxylic acids is 1. The van der Waals surface area contributed by atoms with Gasteiger partial charge in [0.2, 0.25) is 5.91 Å². The number of hydrogen-bond donors (Lipinski definition) is 2. The van der Waals surface area contributed by atoms with Crippen LogP contribution in [-0.2, 0) is 0 Å². The van der Waals surface area contributed by atoms with Gasteiger partial charge in [0.15, 0.2) is 5.82 Å². The van der Waals surface area contributed by atoms with Crippen molar-refractivity contribution in [3.8, 4) is 11.4 Å². The Morgan fingerprint density at radius 3 is 2.46 bits per heavy atom. The van der Waals surface area contributed by atoms with Crippen molar-refractivity contribution < 1.29 is 4.79 Å². The Morgan fingerprint density at radius 2 is 1.73 bits per heavy atom. The van der Waals surface area contributed by atoms with Crippen molar-refractivity contribution in [2.24, 2.45) is 5.73 Å². The van der Waals surface area contributed by atoms with Crippen molar-refractivity contribution in [3.05, 3.63) is 78.6 Å². The Balaban J connectivity index is 1.79. The van der Waals surface area contributed by atoms with Gasteiger partial charge in [0.25, 0.3) is 0 Å². The number of nitrogens with one attached hydrogen (secondary N) is 1. The van der Waals surface area contributed by atoms with Crippen molar-refractivity contribution in [2.45, 2.75) is 0 Å². The van der Waals surface area contributed by atoms with Gasteiger partial charge in [-0.2, -0.15) is 0 Å². The highest BCUT2D eigenvalue weighted by molar-refractivity contribution is 5.94. The number of hydrogen-bond acceptors (Lipinski definition) is 5. The molecule has 0 bridgehead atoms. The Labute approximate surface area is 149 Å². The summed E-state index contributed by atoms with van der Waals surface area (Å²) in [6.07, 6.45) is 3.44. The molecule has 6 nitrogen and oxygen atoms in total. The van der Waals surface area contributed by atoms with Crippen LogP contribution in [-0.4, -0.2) is 20.9 Å². The van der Waals surface area contributed by atoms with Crippen molar-refractivity contribution in [1.82, 2.24) is 15.0 Å². The maximum Gasteiger partial charge on any atom is 0.248 e. The summed E-state index contributed by atoms with van der Waals surface area (Å²) in [6.45, 7) is 0. The highest BCUT2D eigenvalue weighted by atomic mass is 16.1. The van der Waals surface area contributed by atoms with Gasteiger partial charge in [0.05, 0.1) is 5.52 Å². The SMILES string of the molecule is NC(=O)c1ccc(Nc2nc(-c3cccnc3)nc3ccccc23)cc1. The van der Waals surface area contributed by atoms with Gasteiger partial charge >= 0.3 is 0 Å². The lowest BCUT2D eigenvalue weighted by atomic mass is 10.2. The summed E-state index contributed by atoms with van der Waals surface area (Å²) in [5, 5.41) is 4.20. The van der Waals surface area contributed by atoms with Crippen LogP contribution in [0, 0.1) is 0 Å². The van der Waals surface area contributed by atoms with Crippen LogP contribution in [0.2, 0.25) is 0 Å². The van der Waals surface area contributed by atoms with Crippen molar-refractivity contribution in [1.29, 1.82) is 0 Å². The van der Waals surface area contributed by atoms with Gasteiger partial charge in [0.1, 0.15) is 5.82 Å². The maximum absolute atomic E-state index is 11.2. The lowest BCUT2D eigenvalue weighted by Crippen LogP contribution is -2.10. The smallest absolute Gasteiger partial charge is 0.248 e. The number of pyridine rings is 1. The summed E-state index contributed by atoms with van der Waals surface area (Å²) < 4.78 is 0. The second-order valence-corrected chi connectivity index (χ2v) is 5.72. The zero-order chi connectivity index (χ0) is 17.9. The minimum atomic E-state index is -0.456. The first kappa shape index (κ1) is 15.7. The lowest BCUT2D eigenvalue weighted by Gasteiger charge is -2.11. The Morgan fingerprint density at radius 1 is 0.923 bits per heavy atom. The van der Waals surface area contributed by atoms with Gasteiger partial charge in [-0.3, -0.25) is 9.78 Å². The van der Waals surface area contributed by atoms with E-state index in [-0.39, 0.29) is 0 Å². The number of aromatic nitrogens is 3. The van der Waals surface area contributed by atoms with E-state index in [9.17, 15) is 4.79 Å². The van der Waals surface area contributed by atoms with Crippen LogP contribution in [0.4, 0.5) is 11.5 Å². The highest BCUT2D eigenvalue weighted by Crippen LogP contribution is 2.27. The van der Waals surface area contributed by atoms with E-state index >= 15 is 0 Å².